The van der Waals surface area contributed by atoms with Crippen molar-refractivity contribution in [1.82, 2.24) is 0 Å². The smallest absolute Gasteiger partial charge is 0.335 e. The average Bonchev–Trinajstić information content (AvgIpc) is 2.42. The van der Waals surface area contributed by atoms with Crippen molar-refractivity contribution < 1.29 is 19.1 Å². The van der Waals surface area contributed by atoms with Gasteiger partial charge in [-0.1, -0.05) is 17.7 Å². The van der Waals surface area contributed by atoms with Gasteiger partial charge in [-0.05, 0) is 36.4 Å². The summed E-state index contributed by atoms with van der Waals surface area (Å²) in [7, 11) is 0. The van der Waals surface area contributed by atoms with Crippen molar-refractivity contribution in [3.05, 3.63) is 64.4 Å². The van der Waals surface area contributed by atoms with E-state index in [1.54, 1.807) is 0 Å². The number of halogens is 2. The SMILES string of the molecule is O=C(O)c1ccc(NC(=O)c2cccc(F)c2Cl)cc1. The molecule has 6 heteroatoms. The molecule has 0 aliphatic heterocycles. The Kier molecular flexibility index (Phi) is 4.00. The highest BCUT2D eigenvalue weighted by Crippen LogP contribution is 2.21. The molecule has 0 atom stereocenters. The maximum absolute atomic E-state index is 13.2. The van der Waals surface area contributed by atoms with Crippen molar-refractivity contribution in [2.75, 3.05) is 5.32 Å². The standard InChI is InChI=1S/C14H9ClFNO3/c15-12-10(2-1-3-11(12)16)13(18)17-9-6-4-8(5-7-9)14(19)20/h1-7H,(H,17,18)(H,19,20). The Labute approximate surface area is 118 Å². The van der Waals surface area contributed by atoms with Crippen molar-refractivity contribution in [2.24, 2.45) is 0 Å². The van der Waals surface area contributed by atoms with Crippen molar-refractivity contribution in [3.8, 4) is 0 Å². The largest absolute Gasteiger partial charge is 0.478 e. The topological polar surface area (TPSA) is 66.4 Å². The number of carbonyl (C=O) groups excluding carboxylic acids is 1. The first-order valence-corrected chi connectivity index (χ1v) is 5.95. The Bertz CT molecular complexity index is 671. The number of rotatable bonds is 3. The Morgan fingerprint density at radius 3 is 2.35 bits per heavy atom. The number of hydrogen-bond donors (Lipinski definition) is 2. The van der Waals surface area contributed by atoms with Crippen LogP contribution in [0.15, 0.2) is 42.5 Å². The normalized spacial score (nSPS) is 10.1. The first-order chi connectivity index (χ1) is 9.49. The maximum Gasteiger partial charge on any atom is 0.335 e. The number of benzene rings is 2. The van der Waals surface area contributed by atoms with Crippen LogP contribution in [0, 0.1) is 5.82 Å². The first kappa shape index (κ1) is 14.0. The molecule has 0 bridgehead atoms. The third kappa shape index (κ3) is 2.95. The third-order valence-electron chi connectivity index (χ3n) is 2.59. The van der Waals surface area contributed by atoms with Crippen molar-refractivity contribution in [1.29, 1.82) is 0 Å². The molecule has 0 saturated carbocycles. The molecular weight excluding hydrogens is 285 g/mol. The van der Waals surface area contributed by atoms with Gasteiger partial charge >= 0.3 is 5.97 Å². The van der Waals surface area contributed by atoms with Gasteiger partial charge in [-0.3, -0.25) is 4.79 Å². The van der Waals surface area contributed by atoms with E-state index in [1.807, 2.05) is 0 Å². The van der Waals surface area contributed by atoms with Gasteiger partial charge in [0, 0.05) is 5.69 Å². The number of carboxylic acid groups (broad SMARTS) is 1. The van der Waals surface area contributed by atoms with Crippen LogP contribution >= 0.6 is 11.6 Å². The van der Waals surface area contributed by atoms with E-state index in [9.17, 15) is 14.0 Å². The second kappa shape index (κ2) is 5.71. The molecule has 2 aromatic rings. The molecule has 4 nitrogen and oxygen atoms in total. The predicted octanol–water partition coefficient (Wildman–Crippen LogP) is 3.43. The minimum absolute atomic E-state index is 0.00831. The third-order valence-corrected chi connectivity index (χ3v) is 2.97. The molecule has 2 rings (SSSR count). The zero-order chi connectivity index (χ0) is 14.7. The molecule has 0 aromatic heterocycles. The van der Waals surface area contributed by atoms with E-state index in [1.165, 1.54) is 36.4 Å². The number of nitrogens with one attached hydrogen (secondary N) is 1. The van der Waals surface area contributed by atoms with E-state index in [-0.39, 0.29) is 16.1 Å². The molecule has 1 amide bonds. The minimum Gasteiger partial charge on any atom is -0.478 e. The second-order valence-electron chi connectivity index (χ2n) is 3.94. The molecule has 102 valence electrons. The minimum atomic E-state index is -1.06. The van der Waals surface area contributed by atoms with E-state index in [4.69, 9.17) is 16.7 Å². The summed E-state index contributed by atoms with van der Waals surface area (Å²) in [6.07, 6.45) is 0. The lowest BCUT2D eigenvalue weighted by Crippen LogP contribution is -2.13. The van der Waals surface area contributed by atoms with Crippen LogP contribution in [-0.2, 0) is 0 Å². The Balaban J connectivity index is 2.19. The zero-order valence-corrected chi connectivity index (χ0v) is 10.8. The fourth-order valence-corrected chi connectivity index (χ4v) is 1.79. The Hall–Kier alpha value is -2.40. The summed E-state index contributed by atoms with van der Waals surface area (Å²) >= 11 is 5.71. The van der Waals surface area contributed by atoms with Crippen LogP contribution in [0.25, 0.3) is 0 Å². The summed E-state index contributed by atoms with van der Waals surface area (Å²) in [5.74, 6) is -2.31. The van der Waals surface area contributed by atoms with Crippen molar-refractivity contribution in [3.63, 3.8) is 0 Å². The lowest BCUT2D eigenvalue weighted by Gasteiger charge is -2.07. The van der Waals surface area contributed by atoms with Gasteiger partial charge in [0.1, 0.15) is 5.82 Å². The molecule has 0 aliphatic carbocycles. The highest BCUT2D eigenvalue weighted by atomic mass is 35.5. The number of carboxylic acids is 1. The molecule has 0 unspecified atom stereocenters. The zero-order valence-electron chi connectivity index (χ0n) is 10.1. The van der Waals surface area contributed by atoms with Crippen LogP contribution in [0.1, 0.15) is 20.7 Å². The molecule has 0 radical (unpaired) electrons. The molecule has 0 spiro atoms. The van der Waals surface area contributed by atoms with Gasteiger partial charge in [0.2, 0.25) is 0 Å². The lowest BCUT2D eigenvalue weighted by molar-refractivity contribution is 0.0696. The molecule has 2 aromatic carbocycles. The van der Waals surface area contributed by atoms with E-state index in [2.05, 4.69) is 5.32 Å². The van der Waals surface area contributed by atoms with Crippen LogP contribution in [-0.4, -0.2) is 17.0 Å². The van der Waals surface area contributed by atoms with Gasteiger partial charge in [0.15, 0.2) is 0 Å². The predicted molar refractivity (Wildman–Crippen MR) is 72.8 cm³/mol. The fourth-order valence-electron chi connectivity index (χ4n) is 1.57. The van der Waals surface area contributed by atoms with Crippen LogP contribution < -0.4 is 5.32 Å². The molecule has 20 heavy (non-hydrogen) atoms. The molecule has 2 N–H and O–H groups in total. The van der Waals surface area contributed by atoms with Crippen LogP contribution in [0.5, 0.6) is 0 Å². The molecule has 0 fully saturated rings. The van der Waals surface area contributed by atoms with Gasteiger partial charge in [-0.2, -0.15) is 0 Å². The van der Waals surface area contributed by atoms with E-state index in [0.717, 1.165) is 6.07 Å². The number of hydrogen-bond acceptors (Lipinski definition) is 2. The van der Waals surface area contributed by atoms with Crippen molar-refractivity contribution in [2.45, 2.75) is 0 Å². The summed E-state index contributed by atoms with van der Waals surface area (Å²) < 4.78 is 13.2. The average molecular weight is 294 g/mol. The summed E-state index contributed by atoms with van der Waals surface area (Å²) in [5.41, 5.74) is 0.501. The molecule has 0 saturated heterocycles. The van der Waals surface area contributed by atoms with Crippen molar-refractivity contribution >= 4 is 29.2 Å². The van der Waals surface area contributed by atoms with E-state index in [0.29, 0.717) is 5.69 Å². The van der Waals surface area contributed by atoms with Gasteiger partial charge < -0.3 is 10.4 Å². The molecular formula is C14H9ClFNO3. The highest BCUT2D eigenvalue weighted by Gasteiger charge is 2.13. The van der Waals surface area contributed by atoms with Crippen LogP contribution in [0.2, 0.25) is 5.02 Å². The van der Waals surface area contributed by atoms with Gasteiger partial charge in [0.05, 0.1) is 16.1 Å². The summed E-state index contributed by atoms with van der Waals surface area (Å²) in [6.45, 7) is 0. The number of aromatic carboxylic acids is 1. The lowest BCUT2D eigenvalue weighted by atomic mass is 10.1. The number of amides is 1. The van der Waals surface area contributed by atoms with Gasteiger partial charge in [-0.25, -0.2) is 9.18 Å². The van der Waals surface area contributed by atoms with E-state index < -0.39 is 17.7 Å². The van der Waals surface area contributed by atoms with Crippen LogP contribution in [0.3, 0.4) is 0 Å². The van der Waals surface area contributed by atoms with Gasteiger partial charge in [0.25, 0.3) is 5.91 Å². The number of carbonyl (C=O) groups is 2. The van der Waals surface area contributed by atoms with E-state index >= 15 is 0 Å². The quantitative estimate of drug-likeness (QED) is 0.911. The monoisotopic (exact) mass is 293 g/mol. The fraction of sp³-hybridized carbons (Fsp3) is 0. The summed E-state index contributed by atoms with van der Waals surface area (Å²) in [4.78, 5) is 22.6. The second-order valence-corrected chi connectivity index (χ2v) is 4.32. The molecule has 0 heterocycles. The molecule has 0 aliphatic rings. The van der Waals surface area contributed by atoms with Gasteiger partial charge in [-0.15, -0.1) is 0 Å². The summed E-state index contributed by atoms with van der Waals surface area (Å²) in [6, 6.07) is 9.51. The van der Waals surface area contributed by atoms with Crippen LogP contribution in [0.4, 0.5) is 10.1 Å². The highest BCUT2D eigenvalue weighted by molar-refractivity contribution is 6.34. The maximum atomic E-state index is 13.2. The Morgan fingerprint density at radius 1 is 1.10 bits per heavy atom. The first-order valence-electron chi connectivity index (χ1n) is 5.58. The summed E-state index contributed by atoms with van der Waals surface area (Å²) in [5, 5.41) is 11.0. The Morgan fingerprint density at radius 2 is 1.75 bits per heavy atom. The number of anilines is 1.